The third-order valence-corrected chi connectivity index (χ3v) is 5.43. The summed E-state index contributed by atoms with van der Waals surface area (Å²) in [7, 11) is 0. The van der Waals surface area contributed by atoms with E-state index >= 15 is 0 Å². The van der Waals surface area contributed by atoms with Crippen LogP contribution in [0.3, 0.4) is 0 Å². The van der Waals surface area contributed by atoms with Gasteiger partial charge in [-0.15, -0.1) is 0 Å². The molecule has 3 rings (SSSR count). The summed E-state index contributed by atoms with van der Waals surface area (Å²) in [6.07, 6.45) is 11.2. The predicted molar refractivity (Wildman–Crippen MR) is 124 cm³/mol. The van der Waals surface area contributed by atoms with Crippen LogP contribution in [0.25, 0.3) is 22.3 Å². The van der Waals surface area contributed by atoms with Crippen molar-refractivity contribution >= 4 is 0 Å². The summed E-state index contributed by atoms with van der Waals surface area (Å²) in [5, 5.41) is 0. The topological polar surface area (TPSA) is 0 Å². The van der Waals surface area contributed by atoms with E-state index in [2.05, 4.69) is 55.5 Å². The van der Waals surface area contributed by atoms with E-state index in [1.807, 2.05) is 31.2 Å². The normalized spacial score (nSPS) is 11.3. The summed E-state index contributed by atoms with van der Waals surface area (Å²) in [5.41, 5.74) is 6.21. The minimum Gasteiger partial charge on any atom is -0.206 e. The number of hydrogen-bond acceptors (Lipinski definition) is 0. The Labute approximate surface area is 175 Å². The Balaban J connectivity index is 1.71. The van der Waals surface area contributed by atoms with Crippen molar-refractivity contribution in [2.24, 2.45) is 0 Å². The Morgan fingerprint density at radius 2 is 1.34 bits per heavy atom. The number of benzene rings is 3. The molecule has 0 amide bonds. The van der Waals surface area contributed by atoms with Crippen molar-refractivity contribution in [2.45, 2.75) is 52.4 Å². The first-order chi connectivity index (χ1) is 14.2. The van der Waals surface area contributed by atoms with Gasteiger partial charge in [0.15, 0.2) is 0 Å². The van der Waals surface area contributed by atoms with E-state index in [0.717, 1.165) is 36.0 Å². The molecule has 0 spiro atoms. The van der Waals surface area contributed by atoms with Gasteiger partial charge in [0, 0.05) is 5.56 Å². The Hall–Kier alpha value is -2.67. The van der Waals surface area contributed by atoms with E-state index in [9.17, 15) is 4.39 Å². The van der Waals surface area contributed by atoms with Gasteiger partial charge < -0.3 is 0 Å². The highest BCUT2D eigenvalue weighted by atomic mass is 19.1. The third kappa shape index (κ3) is 5.90. The van der Waals surface area contributed by atoms with Crippen LogP contribution in [0.4, 0.5) is 4.39 Å². The molecule has 0 heterocycles. The number of allylic oxidation sites excluding steroid dienone is 2. The molecule has 0 aliphatic rings. The van der Waals surface area contributed by atoms with Crippen molar-refractivity contribution < 1.29 is 4.39 Å². The fourth-order valence-electron chi connectivity index (χ4n) is 3.64. The molecular formula is C28H31F. The number of halogens is 1. The lowest BCUT2D eigenvalue weighted by Crippen LogP contribution is -1.89. The molecule has 0 aliphatic carbocycles. The van der Waals surface area contributed by atoms with E-state index < -0.39 is 0 Å². The van der Waals surface area contributed by atoms with Crippen LogP contribution in [0.15, 0.2) is 78.9 Å². The van der Waals surface area contributed by atoms with Crippen molar-refractivity contribution in [3.63, 3.8) is 0 Å². The van der Waals surface area contributed by atoms with Gasteiger partial charge in [-0.05, 0) is 66.5 Å². The fraction of sp³-hybridized carbons (Fsp3) is 0.286. The minimum atomic E-state index is -0.168. The maximum absolute atomic E-state index is 14.8. The molecule has 3 aromatic rings. The largest absolute Gasteiger partial charge is 0.206 e. The first-order valence-electron chi connectivity index (χ1n) is 10.8. The maximum Gasteiger partial charge on any atom is 0.131 e. The molecular weight excluding hydrogens is 355 g/mol. The number of unbranched alkanes of at least 4 members (excludes halogenated alkanes) is 2. The average molecular weight is 387 g/mol. The standard InChI is InChI=1S/C28H31F/c1-3-5-7-9-22-11-15-24(16-12-22)26-19-20-27(28(29)21-26)25-17-13-23(14-18-25)10-8-6-4-2/h3,5,11-21H,4,6-10H2,1-2H3/b5-3+. The SMILES string of the molecule is C/C=C/CCc1ccc(-c2ccc(-c3ccc(CCCCC)cc3)c(F)c2)cc1. The number of aryl methyl sites for hydroxylation is 2. The summed E-state index contributed by atoms with van der Waals surface area (Å²) in [6, 6.07) is 22.4. The van der Waals surface area contributed by atoms with Gasteiger partial charge in [-0.25, -0.2) is 4.39 Å². The van der Waals surface area contributed by atoms with Gasteiger partial charge in [0.1, 0.15) is 5.82 Å². The Morgan fingerprint density at radius 3 is 1.97 bits per heavy atom. The van der Waals surface area contributed by atoms with Crippen molar-refractivity contribution in [3.05, 3.63) is 95.8 Å². The van der Waals surface area contributed by atoms with Crippen LogP contribution in [-0.4, -0.2) is 0 Å². The molecule has 1 heteroatoms. The molecule has 0 saturated carbocycles. The first-order valence-corrected chi connectivity index (χ1v) is 10.8. The van der Waals surface area contributed by atoms with E-state index in [1.54, 1.807) is 6.07 Å². The lowest BCUT2D eigenvalue weighted by molar-refractivity contribution is 0.632. The lowest BCUT2D eigenvalue weighted by Gasteiger charge is -2.09. The molecule has 0 aromatic heterocycles. The second-order valence-electron chi connectivity index (χ2n) is 7.65. The Kier molecular flexibility index (Phi) is 7.81. The van der Waals surface area contributed by atoms with Crippen LogP contribution in [0.1, 0.15) is 50.7 Å². The summed E-state index contributed by atoms with van der Waals surface area (Å²) in [5.74, 6) is -0.168. The van der Waals surface area contributed by atoms with Crippen LogP contribution >= 0.6 is 0 Å². The van der Waals surface area contributed by atoms with Crippen LogP contribution in [0.5, 0.6) is 0 Å². The lowest BCUT2D eigenvalue weighted by atomic mass is 9.97. The molecule has 29 heavy (non-hydrogen) atoms. The summed E-state index contributed by atoms with van der Waals surface area (Å²) >= 11 is 0. The van der Waals surface area contributed by atoms with E-state index in [-0.39, 0.29) is 5.82 Å². The van der Waals surface area contributed by atoms with Gasteiger partial charge >= 0.3 is 0 Å². The molecule has 0 bridgehead atoms. The van der Waals surface area contributed by atoms with Gasteiger partial charge in [-0.2, -0.15) is 0 Å². The van der Waals surface area contributed by atoms with Gasteiger partial charge in [-0.3, -0.25) is 0 Å². The molecule has 0 aliphatic heterocycles. The minimum absolute atomic E-state index is 0.168. The highest BCUT2D eigenvalue weighted by Crippen LogP contribution is 2.28. The van der Waals surface area contributed by atoms with Crippen LogP contribution in [0.2, 0.25) is 0 Å². The highest BCUT2D eigenvalue weighted by Gasteiger charge is 2.08. The summed E-state index contributed by atoms with van der Waals surface area (Å²) in [6.45, 7) is 4.26. The number of hydrogen-bond donors (Lipinski definition) is 0. The molecule has 0 radical (unpaired) electrons. The fourth-order valence-corrected chi connectivity index (χ4v) is 3.64. The highest BCUT2D eigenvalue weighted by molar-refractivity contribution is 5.71. The zero-order chi connectivity index (χ0) is 20.5. The van der Waals surface area contributed by atoms with Crippen LogP contribution in [-0.2, 0) is 12.8 Å². The van der Waals surface area contributed by atoms with E-state index in [0.29, 0.717) is 5.56 Å². The first kappa shape index (κ1) is 21.0. The molecule has 0 fully saturated rings. The molecule has 0 atom stereocenters. The predicted octanol–water partition coefficient (Wildman–Crippen LogP) is 8.40. The third-order valence-electron chi connectivity index (χ3n) is 5.43. The molecule has 3 aromatic carbocycles. The zero-order valence-electron chi connectivity index (χ0n) is 17.6. The smallest absolute Gasteiger partial charge is 0.131 e. The second kappa shape index (κ2) is 10.8. The van der Waals surface area contributed by atoms with Crippen LogP contribution in [0, 0.1) is 5.82 Å². The molecule has 150 valence electrons. The van der Waals surface area contributed by atoms with Crippen molar-refractivity contribution in [1.29, 1.82) is 0 Å². The van der Waals surface area contributed by atoms with Gasteiger partial charge in [-0.1, -0.05) is 92.6 Å². The Morgan fingerprint density at radius 1 is 0.724 bits per heavy atom. The van der Waals surface area contributed by atoms with Gasteiger partial charge in [0.05, 0.1) is 0 Å². The van der Waals surface area contributed by atoms with Gasteiger partial charge in [0.2, 0.25) is 0 Å². The number of rotatable bonds is 9. The van der Waals surface area contributed by atoms with Crippen molar-refractivity contribution in [2.75, 3.05) is 0 Å². The average Bonchev–Trinajstić information content (AvgIpc) is 2.75. The monoisotopic (exact) mass is 386 g/mol. The van der Waals surface area contributed by atoms with Crippen molar-refractivity contribution in [3.8, 4) is 22.3 Å². The molecule has 0 unspecified atom stereocenters. The van der Waals surface area contributed by atoms with E-state index in [1.165, 1.54) is 30.4 Å². The molecule has 0 saturated heterocycles. The van der Waals surface area contributed by atoms with Crippen LogP contribution < -0.4 is 0 Å². The summed E-state index contributed by atoms with van der Waals surface area (Å²) in [4.78, 5) is 0. The quantitative estimate of drug-likeness (QED) is 0.256. The van der Waals surface area contributed by atoms with Crippen molar-refractivity contribution in [1.82, 2.24) is 0 Å². The molecule has 0 N–H and O–H groups in total. The summed E-state index contributed by atoms with van der Waals surface area (Å²) < 4.78 is 14.8. The second-order valence-corrected chi connectivity index (χ2v) is 7.65. The molecule has 0 nitrogen and oxygen atoms in total. The zero-order valence-corrected chi connectivity index (χ0v) is 17.6. The van der Waals surface area contributed by atoms with Gasteiger partial charge in [0.25, 0.3) is 0 Å². The van der Waals surface area contributed by atoms with E-state index in [4.69, 9.17) is 0 Å². The Bertz CT molecular complexity index is 918. The maximum atomic E-state index is 14.8.